The Bertz CT molecular complexity index is 403. The molecule has 0 spiro atoms. The Morgan fingerprint density at radius 1 is 1.47 bits per heavy atom. The van der Waals surface area contributed by atoms with Gasteiger partial charge in [-0.15, -0.1) is 0 Å². The summed E-state index contributed by atoms with van der Waals surface area (Å²) in [7, 11) is 1.71. The Hall–Kier alpha value is -0.930. The number of hydrogen-bond donors (Lipinski definition) is 1. The van der Waals surface area contributed by atoms with Gasteiger partial charge in [-0.25, -0.2) is 4.39 Å². The number of nitrogens with one attached hydrogen (secondary N) is 1. The first-order valence-corrected chi connectivity index (χ1v) is 6.09. The maximum atomic E-state index is 13.6. The van der Waals surface area contributed by atoms with Gasteiger partial charge >= 0.3 is 0 Å². The lowest BCUT2D eigenvalue weighted by Gasteiger charge is -2.26. The third-order valence-corrected chi connectivity index (χ3v) is 3.54. The second-order valence-corrected chi connectivity index (χ2v) is 5.24. The lowest BCUT2D eigenvalue weighted by molar-refractivity contribution is 0.0210. The molecule has 0 heterocycles. The Morgan fingerprint density at radius 3 is 2.94 bits per heavy atom. The minimum Gasteiger partial charge on any atom is -0.377 e. The molecular weight excluding hydrogens is 217 g/mol. The van der Waals surface area contributed by atoms with E-state index in [9.17, 15) is 4.39 Å². The SMILES string of the molecule is COC(C)(C)CNC1CCc2c(F)cccc21. The summed E-state index contributed by atoms with van der Waals surface area (Å²) in [5.74, 6) is -0.0715. The monoisotopic (exact) mass is 237 g/mol. The van der Waals surface area contributed by atoms with E-state index >= 15 is 0 Å². The molecule has 0 saturated carbocycles. The van der Waals surface area contributed by atoms with E-state index in [1.807, 2.05) is 19.9 Å². The molecule has 1 aliphatic rings. The van der Waals surface area contributed by atoms with Crippen molar-refractivity contribution in [1.29, 1.82) is 0 Å². The van der Waals surface area contributed by atoms with Crippen LogP contribution in [0.1, 0.15) is 37.4 Å². The minimum atomic E-state index is -0.184. The van der Waals surface area contributed by atoms with Crippen molar-refractivity contribution in [3.63, 3.8) is 0 Å². The second-order valence-electron chi connectivity index (χ2n) is 5.24. The summed E-state index contributed by atoms with van der Waals surface area (Å²) in [4.78, 5) is 0. The quantitative estimate of drug-likeness (QED) is 0.869. The van der Waals surface area contributed by atoms with Gasteiger partial charge in [-0.3, -0.25) is 0 Å². The van der Waals surface area contributed by atoms with Crippen LogP contribution >= 0.6 is 0 Å². The fourth-order valence-electron chi connectivity index (χ4n) is 2.26. The maximum Gasteiger partial charge on any atom is 0.126 e. The first-order chi connectivity index (χ1) is 8.03. The number of hydrogen-bond acceptors (Lipinski definition) is 2. The van der Waals surface area contributed by atoms with Crippen LogP contribution in [0.3, 0.4) is 0 Å². The summed E-state index contributed by atoms with van der Waals surface area (Å²) < 4.78 is 18.9. The van der Waals surface area contributed by atoms with E-state index in [4.69, 9.17) is 4.74 Å². The van der Waals surface area contributed by atoms with Crippen molar-refractivity contribution < 1.29 is 9.13 Å². The molecule has 0 amide bonds. The molecule has 1 unspecified atom stereocenters. The van der Waals surface area contributed by atoms with Gasteiger partial charge in [0.2, 0.25) is 0 Å². The highest BCUT2D eigenvalue weighted by Gasteiger charge is 2.26. The van der Waals surface area contributed by atoms with Crippen LogP contribution in [0.5, 0.6) is 0 Å². The number of ether oxygens (including phenoxy) is 1. The topological polar surface area (TPSA) is 21.3 Å². The van der Waals surface area contributed by atoms with Gasteiger partial charge in [0.15, 0.2) is 0 Å². The van der Waals surface area contributed by atoms with Crippen LogP contribution in [0.4, 0.5) is 4.39 Å². The molecule has 17 heavy (non-hydrogen) atoms. The summed E-state index contributed by atoms with van der Waals surface area (Å²) in [6, 6.07) is 5.61. The minimum absolute atomic E-state index is 0.0715. The van der Waals surface area contributed by atoms with Crippen LogP contribution in [0, 0.1) is 5.82 Å². The van der Waals surface area contributed by atoms with Crippen LogP contribution in [-0.2, 0) is 11.2 Å². The molecule has 1 aromatic rings. The molecule has 0 aliphatic heterocycles. The largest absolute Gasteiger partial charge is 0.377 e. The van der Waals surface area contributed by atoms with Crippen LogP contribution in [-0.4, -0.2) is 19.3 Å². The highest BCUT2D eigenvalue weighted by molar-refractivity contribution is 5.35. The second kappa shape index (κ2) is 4.75. The predicted octanol–water partition coefficient (Wildman–Crippen LogP) is 2.83. The van der Waals surface area contributed by atoms with Gasteiger partial charge in [-0.05, 0) is 43.9 Å². The van der Waals surface area contributed by atoms with Crippen LogP contribution in [0.2, 0.25) is 0 Å². The summed E-state index contributed by atoms with van der Waals surface area (Å²) in [5.41, 5.74) is 1.80. The Kier molecular flexibility index (Phi) is 3.50. The molecule has 1 aliphatic carbocycles. The molecular formula is C14H20FNO. The number of rotatable bonds is 4. The van der Waals surface area contributed by atoms with Crippen molar-refractivity contribution in [1.82, 2.24) is 5.32 Å². The average Bonchev–Trinajstić information content (AvgIpc) is 2.71. The van der Waals surface area contributed by atoms with Gasteiger partial charge in [0.05, 0.1) is 5.60 Å². The summed E-state index contributed by atoms with van der Waals surface area (Å²) >= 11 is 0. The number of methoxy groups -OCH3 is 1. The third kappa shape index (κ3) is 2.67. The Balaban J connectivity index is 2.05. The normalized spacial score (nSPS) is 19.4. The lowest BCUT2D eigenvalue weighted by Crippen LogP contribution is -2.38. The van der Waals surface area contributed by atoms with Crippen molar-refractivity contribution in [3.05, 3.63) is 35.1 Å². The lowest BCUT2D eigenvalue weighted by atomic mass is 10.1. The zero-order valence-electron chi connectivity index (χ0n) is 10.7. The Labute approximate surface area is 102 Å². The molecule has 0 radical (unpaired) electrons. The fourth-order valence-corrected chi connectivity index (χ4v) is 2.26. The van der Waals surface area contributed by atoms with Crippen molar-refractivity contribution in [2.75, 3.05) is 13.7 Å². The van der Waals surface area contributed by atoms with E-state index in [0.29, 0.717) is 0 Å². The van der Waals surface area contributed by atoms with Crippen LogP contribution < -0.4 is 5.32 Å². The van der Waals surface area contributed by atoms with Crippen molar-refractivity contribution in [3.8, 4) is 0 Å². The van der Waals surface area contributed by atoms with Crippen molar-refractivity contribution in [2.45, 2.75) is 38.3 Å². The third-order valence-electron chi connectivity index (χ3n) is 3.54. The van der Waals surface area contributed by atoms with E-state index in [0.717, 1.165) is 30.5 Å². The fraction of sp³-hybridized carbons (Fsp3) is 0.571. The molecule has 94 valence electrons. The van der Waals surface area contributed by atoms with Gasteiger partial charge < -0.3 is 10.1 Å². The standard InChI is InChI=1S/C14H20FNO/c1-14(2,17-3)9-16-13-8-7-10-11(13)5-4-6-12(10)15/h4-6,13,16H,7-9H2,1-3H3. The number of halogens is 1. The zero-order valence-corrected chi connectivity index (χ0v) is 10.7. The van der Waals surface area contributed by atoms with E-state index in [1.54, 1.807) is 19.2 Å². The van der Waals surface area contributed by atoms with E-state index in [2.05, 4.69) is 5.32 Å². The smallest absolute Gasteiger partial charge is 0.126 e. The summed E-state index contributed by atoms with van der Waals surface area (Å²) in [5, 5.41) is 3.46. The number of fused-ring (bicyclic) bond motifs is 1. The molecule has 0 fully saturated rings. The highest BCUT2D eigenvalue weighted by atomic mass is 19.1. The van der Waals surface area contributed by atoms with E-state index in [1.165, 1.54) is 0 Å². The number of benzene rings is 1. The van der Waals surface area contributed by atoms with Gasteiger partial charge in [0.25, 0.3) is 0 Å². The first-order valence-electron chi connectivity index (χ1n) is 6.09. The van der Waals surface area contributed by atoms with Crippen LogP contribution in [0.25, 0.3) is 0 Å². The maximum absolute atomic E-state index is 13.6. The summed E-state index contributed by atoms with van der Waals surface area (Å²) in [6.45, 7) is 4.85. The molecule has 2 nitrogen and oxygen atoms in total. The van der Waals surface area contributed by atoms with Crippen LogP contribution in [0.15, 0.2) is 18.2 Å². The predicted molar refractivity (Wildman–Crippen MR) is 66.6 cm³/mol. The molecule has 0 saturated heterocycles. The van der Waals surface area contributed by atoms with E-state index < -0.39 is 0 Å². The van der Waals surface area contributed by atoms with Gasteiger partial charge in [-0.2, -0.15) is 0 Å². The Morgan fingerprint density at radius 2 is 2.24 bits per heavy atom. The van der Waals surface area contributed by atoms with Crippen molar-refractivity contribution in [2.24, 2.45) is 0 Å². The average molecular weight is 237 g/mol. The molecule has 0 bridgehead atoms. The highest BCUT2D eigenvalue weighted by Crippen LogP contribution is 2.32. The zero-order chi connectivity index (χ0) is 12.5. The van der Waals surface area contributed by atoms with Crippen molar-refractivity contribution >= 4 is 0 Å². The molecule has 2 rings (SSSR count). The molecule has 1 aromatic carbocycles. The van der Waals surface area contributed by atoms with E-state index in [-0.39, 0.29) is 17.5 Å². The first kappa shape index (κ1) is 12.5. The van der Waals surface area contributed by atoms with Gasteiger partial charge in [0.1, 0.15) is 5.82 Å². The molecule has 3 heteroatoms. The molecule has 0 aromatic heterocycles. The summed E-state index contributed by atoms with van der Waals surface area (Å²) in [6.07, 6.45) is 1.79. The molecule has 1 atom stereocenters. The molecule has 1 N–H and O–H groups in total. The van der Waals surface area contributed by atoms with Gasteiger partial charge in [0, 0.05) is 19.7 Å². The van der Waals surface area contributed by atoms with Gasteiger partial charge in [-0.1, -0.05) is 12.1 Å².